The highest BCUT2D eigenvalue weighted by Crippen LogP contribution is 2.15. The first-order valence-electron chi connectivity index (χ1n) is 8.57. The van der Waals surface area contributed by atoms with Gasteiger partial charge in [0.25, 0.3) is 0 Å². The van der Waals surface area contributed by atoms with Gasteiger partial charge in [0.05, 0.1) is 0 Å². The predicted molar refractivity (Wildman–Crippen MR) is 99.0 cm³/mol. The SMILES string of the molecule is CC(C)(C)OC(=O)NN(C(=O)OC(C)(C)C)[C@H](Cc1ccccc1)C(=O)O. The van der Waals surface area contributed by atoms with Crippen LogP contribution >= 0.6 is 0 Å². The van der Waals surface area contributed by atoms with Gasteiger partial charge in [-0.3, -0.25) is 0 Å². The zero-order valence-corrected chi connectivity index (χ0v) is 16.6. The van der Waals surface area contributed by atoms with Crippen LogP contribution < -0.4 is 5.43 Å². The van der Waals surface area contributed by atoms with Gasteiger partial charge in [-0.15, -0.1) is 0 Å². The number of amides is 2. The zero-order chi connectivity index (χ0) is 20.8. The molecule has 1 aromatic rings. The summed E-state index contributed by atoms with van der Waals surface area (Å²) in [6.07, 6.45) is -1.96. The van der Waals surface area contributed by atoms with E-state index in [4.69, 9.17) is 9.47 Å². The first kappa shape index (κ1) is 22.3. The second kappa shape index (κ2) is 8.75. The van der Waals surface area contributed by atoms with E-state index in [0.717, 1.165) is 0 Å². The molecule has 0 spiro atoms. The molecule has 1 atom stereocenters. The van der Waals surface area contributed by atoms with Crippen LogP contribution in [-0.4, -0.2) is 45.5 Å². The number of hydrogen-bond donors (Lipinski definition) is 2. The van der Waals surface area contributed by atoms with E-state index in [-0.39, 0.29) is 6.42 Å². The summed E-state index contributed by atoms with van der Waals surface area (Å²) in [6, 6.07) is 7.40. The molecule has 8 nitrogen and oxygen atoms in total. The number of rotatable bonds is 4. The molecule has 150 valence electrons. The third-order valence-electron chi connectivity index (χ3n) is 3.07. The van der Waals surface area contributed by atoms with Gasteiger partial charge in [-0.25, -0.2) is 24.8 Å². The van der Waals surface area contributed by atoms with Crippen molar-refractivity contribution >= 4 is 18.2 Å². The van der Waals surface area contributed by atoms with E-state index in [2.05, 4.69) is 5.43 Å². The molecule has 0 aliphatic heterocycles. The molecule has 27 heavy (non-hydrogen) atoms. The number of carbonyl (C=O) groups is 3. The molecular formula is C19H28N2O6. The fraction of sp³-hybridized carbons (Fsp3) is 0.526. The Bertz CT molecular complexity index is 661. The van der Waals surface area contributed by atoms with E-state index in [1.807, 2.05) is 0 Å². The number of carboxylic acids is 1. The second-order valence-electron chi connectivity index (χ2n) is 8.01. The minimum Gasteiger partial charge on any atom is -0.480 e. The first-order valence-corrected chi connectivity index (χ1v) is 8.57. The Labute approximate surface area is 159 Å². The van der Waals surface area contributed by atoms with E-state index < -0.39 is 35.4 Å². The van der Waals surface area contributed by atoms with Crippen LogP contribution in [0.15, 0.2) is 30.3 Å². The Kier molecular flexibility index (Phi) is 7.21. The maximum atomic E-state index is 12.6. The Morgan fingerprint density at radius 2 is 1.52 bits per heavy atom. The molecule has 0 heterocycles. The normalized spacial score (nSPS) is 12.7. The minimum absolute atomic E-state index is 0.0226. The van der Waals surface area contributed by atoms with Gasteiger partial charge in [0, 0.05) is 6.42 Å². The molecule has 8 heteroatoms. The van der Waals surface area contributed by atoms with Crippen LogP contribution in [-0.2, 0) is 20.7 Å². The standard InChI is InChI=1S/C19H28N2O6/c1-18(2,3)26-16(24)20-21(17(25)27-19(4,5)6)14(15(22)23)12-13-10-8-7-9-11-13/h7-11,14H,12H2,1-6H3,(H,20,24)(H,22,23)/t14-/m1/s1. The van der Waals surface area contributed by atoms with Gasteiger partial charge < -0.3 is 14.6 Å². The summed E-state index contributed by atoms with van der Waals surface area (Å²) in [7, 11) is 0. The molecule has 1 rings (SSSR count). The Morgan fingerprint density at radius 1 is 1.00 bits per heavy atom. The lowest BCUT2D eigenvalue weighted by atomic mass is 10.1. The quantitative estimate of drug-likeness (QED) is 0.776. The van der Waals surface area contributed by atoms with Crippen molar-refractivity contribution in [1.82, 2.24) is 10.4 Å². The average Bonchev–Trinajstić information content (AvgIpc) is 2.48. The molecule has 0 bridgehead atoms. The number of nitrogens with one attached hydrogen (secondary N) is 1. The summed E-state index contributed by atoms with van der Waals surface area (Å²) < 4.78 is 10.4. The Balaban J connectivity index is 3.12. The summed E-state index contributed by atoms with van der Waals surface area (Å²) in [4.78, 5) is 36.5. The highest BCUT2D eigenvalue weighted by atomic mass is 16.6. The van der Waals surface area contributed by atoms with Gasteiger partial charge in [-0.05, 0) is 47.1 Å². The molecule has 0 aliphatic rings. The number of carboxylic acid groups (broad SMARTS) is 1. The predicted octanol–water partition coefficient (Wildman–Crippen LogP) is 3.36. The number of hydrazine groups is 1. The number of aliphatic carboxylic acids is 1. The maximum absolute atomic E-state index is 12.6. The van der Waals surface area contributed by atoms with E-state index in [0.29, 0.717) is 10.6 Å². The van der Waals surface area contributed by atoms with Crippen molar-refractivity contribution in [3.8, 4) is 0 Å². The van der Waals surface area contributed by atoms with Crippen molar-refractivity contribution in [2.75, 3.05) is 0 Å². The number of carbonyl (C=O) groups excluding carboxylic acids is 2. The maximum Gasteiger partial charge on any atom is 0.430 e. The van der Waals surface area contributed by atoms with Gasteiger partial charge in [0.15, 0.2) is 6.04 Å². The second-order valence-corrected chi connectivity index (χ2v) is 8.01. The lowest BCUT2D eigenvalue weighted by Gasteiger charge is -2.32. The number of benzene rings is 1. The molecule has 0 saturated carbocycles. The van der Waals surface area contributed by atoms with Gasteiger partial charge >= 0.3 is 18.2 Å². The van der Waals surface area contributed by atoms with Gasteiger partial charge in [0.2, 0.25) is 0 Å². The highest BCUT2D eigenvalue weighted by Gasteiger charge is 2.35. The number of ether oxygens (including phenoxy) is 2. The smallest absolute Gasteiger partial charge is 0.430 e. The zero-order valence-electron chi connectivity index (χ0n) is 16.6. The summed E-state index contributed by atoms with van der Waals surface area (Å²) in [5.74, 6) is -1.29. The summed E-state index contributed by atoms with van der Waals surface area (Å²) in [6.45, 7) is 9.89. The molecule has 0 unspecified atom stereocenters. The monoisotopic (exact) mass is 380 g/mol. The van der Waals surface area contributed by atoms with Gasteiger partial charge in [0.1, 0.15) is 11.2 Å². The fourth-order valence-electron chi connectivity index (χ4n) is 2.09. The van der Waals surface area contributed by atoms with E-state index in [1.54, 1.807) is 71.9 Å². The van der Waals surface area contributed by atoms with Crippen molar-refractivity contribution in [3.05, 3.63) is 35.9 Å². The van der Waals surface area contributed by atoms with Crippen molar-refractivity contribution in [2.45, 2.75) is 65.2 Å². The van der Waals surface area contributed by atoms with Crippen LogP contribution in [0.5, 0.6) is 0 Å². The van der Waals surface area contributed by atoms with Gasteiger partial charge in [-0.1, -0.05) is 30.3 Å². The summed E-state index contributed by atoms with van der Waals surface area (Å²) in [5.41, 5.74) is 1.21. The topological polar surface area (TPSA) is 105 Å². The van der Waals surface area contributed by atoms with E-state index >= 15 is 0 Å². The lowest BCUT2D eigenvalue weighted by Crippen LogP contribution is -2.57. The third-order valence-corrected chi connectivity index (χ3v) is 3.07. The molecule has 0 aliphatic carbocycles. The van der Waals surface area contributed by atoms with Crippen molar-refractivity contribution in [2.24, 2.45) is 0 Å². The molecule has 0 aromatic heterocycles. The lowest BCUT2D eigenvalue weighted by molar-refractivity contribution is -0.144. The minimum atomic E-state index is -1.38. The Hall–Kier alpha value is -2.77. The van der Waals surface area contributed by atoms with Crippen molar-refractivity contribution in [3.63, 3.8) is 0 Å². The number of hydrogen-bond acceptors (Lipinski definition) is 5. The molecule has 0 radical (unpaired) electrons. The first-order chi connectivity index (χ1) is 12.3. The van der Waals surface area contributed by atoms with Crippen molar-refractivity contribution < 1.29 is 29.0 Å². The molecule has 1 aromatic carbocycles. The van der Waals surface area contributed by atoms with Crippen LogP contribution in [0.2, 0.25) is 0 Å². The summed E-state index contributed by atoms with van der Waals surface area (Å²) >= 11 is 0. The average molecular weight is 380 g/mol. The van der Waals surface area contributed by atoms with Crippen molar-refractivity contribution in [1.29, 1.82) is 0 Å². The third kappa shape index (κ3) is 8.44. The van der Waals surface area contributed by atoms with Crippen LogP contribution in [0.25, 0.3) is 0 Å². The van der Waals surface area contributed by atoms with Crippen LogP contribution in [0.1, 0.15) is 47.1 Å². The number of nitrogens with zero attached hydrogens (tertiary/aromatic N) is 1. The molecule has 0 saturated heterocycles. The molecule has 2 amide bonds. The highest BCUT2D eigenvalue weighted by molar-refractivity contribution is 5.82. The van der Waals surface area contributed by atoms with Gasteiger partial charge in [-0.2, -0.15) is 0 Å². The Morgan fingerprint density at radius 3 is 1.96 bits per heavy atom. The largest absolute Gasteiger partial charge is 0.480 e. The molecule has 2 N–H and O–H groups in total. The van der Waals surface area contributed by atoms with Crippen LogP contribution in [0, 0.1) is 0 Å². The van der Waals surface area contributed by atoms with Crippen LogP contribution in [0.4, 0.5) is 9.59 Å². The van der Waals surface area contributed by atoms with E-state index in [9.17, 15) is 19.5 Å². The van der Waals surface area contributed by atoms with E-state index in [1.165, 1.54) is 0 Å². The fourth-order valence-corrected chi connectivity index (χ4v) is 2.09. The van der Waals surface area contributed by atoms with Crippen LogP contribution in [0.3, 0.4) is 0 Å². The molecular weight excluding hydrogens is 352 g/mol. The summed E-state index contributed by atoms with van der Waals surface area (Å²) in [5, 5.41) is 10.3. The molecule has 0 fully saturated rings.